The van der Waals surface area contributed by atoms with Gasteiger partial charge in [-0.25, -0.2) is 8.42 Å². The highest BCUT2D eigenvalue weighted by Gasteiger charge is 2.34. The summed E-state index contributed by atoms with van der Waals surface area (Å²) < 4.78 is 34.0. The van der Waals surface area contributed by atoms with Crippen molar-refractivity contribution in [2.45, 2.75) is 30.2 Å². The molecular formula is C22H22BrClN2O3S. The highest BCUT2D eigenvalue weighted by molar-refractivity contribution is 9.10. The number of hydrogen-bond donors (Lipinski definition) is 0. The Morgan fingerprint density at radius 1 is 1.03 bits per heavy atom. The molecule has 4 rings (SSSR count). The molecule has 2 atom stereocenters. The third-order valence-electron chi connectivity index (χ3n) is 5.21. The van der Waals surface area contributed by atoms with E-state index in [1.165, 1.54) is 12.1 Å². The second kappa shape index (κ2) is 8.36. The topological polar surface area (TPSA) is 63.4 Å². The predicted octanol–water partition coefficient (Wildman–Crippen LogP) is 6.07. The number of piperidine rings is 1. The highest BCUT2D eigenvalue weighted by atomic mass is 79.9. The molecule has 0 amide bonds. The zero-order valence-corrected chi connectivity index (χ0v) is 19.8. The quantitative estimate of drug-likeness (QED) is 0.427. The van der Waals surface area contributed by atoms with E-state index in [-0.39, 0.29) is 15.8 Å². The molecule has 2 aromatic carbocycles. The largest absolute Gasteiger partial charge is 0.419 e. The van der Waals surface area contributed by atoms with E-state index in [0.717, 1.165) is 29.5 Å². The summed E-state index contributed by atoms with van der Waals surface area (Å²) in [4.78, 5) is 6.61. The summed E-state index contributed by atoms with van der Waals surface area (Å²) in [6.07, 6.45) is 1.10. The van der Waals surface area contributed by atoms with Crippen LogP contribution in [0.2, 0.25) is 5.02 Å². The fourth-order valence-corrected chi connectivity index (χ4v) is 5.65. The van der Waals surface area contributed by atoms with E-state index < -0.39 is 9.84 Å². The normalized spacial score (nSPS) is 19.8. The number of anilines is 1. The second-order valence-electron chi connectivity index (χ2n) is 7.94. The Labute approximate surface area is 190 Å². The first kappa shape index (κ1) is 21.4. The molecule has 0 spiro atoms. The molecule has 158 valence electrons. The van der Waals surface area contributed by atoms with Gasteiger partial charge in [0.05, 0.1) is 4.90 Å². The smallest absolute Gasteiger partial charge is 0.236 e. The lowest BCUT2D eigenvalue weighted by Gasteiger charge is -2.34. The summed E-state index contributed by atoms with van der Waals surface area (Å²) in [5.74, 6) is 1.46. The third kappa shape index (κ3) is 4.29. The molecule has 0 radical (unpaired) electrons. The summed E-state index contributed by atoms with van der Waals surface area (Å²) in [6.45, 7) is 5.79. The van der Waals surface area contributed by atoms with Crippen molar-refractivity contribution in [3.63, 3.8) is 0 Å². The van der Waals surface area contributed by atoms with Gasteiger partial charge in [0.15, 0.2) is 0 Å². The summed E-state index contributed by atoms with van der Waals surface area (Å²) in [5, 5.41) is 0.424. The van der Waals surface area contributed by atoms with Gasteiger partial charge in [0, 0.05) is 28.1 Å². The maximum atomic E-state index is 13.5. The van der Waals surface area contributed by atoms with E-state index in [9.17, 15) is 8.42 Å². The van der Waals surface area contributed by atoms with Gasteiger partial charge in [0.1, 0.15) is 0 Å². The molecule has 30 heavy (non-hydrogen) atoms. The molecule has 0 saturated carbocycles. The maximum Gasteiger partial charge on any atom is 0.236 e. The van der Waals surface area contributed by atoms with Crippen molar-refractivity contribution in [3.8, 4) is 11.5 Å². The Hall–Kier alpha value is -1.83. The molecule has 0 aliphatic carbocycles. The van der Waals surface area contributed by atoms with E-state index in [2.05, 4.69) is 34.8 Å². The van der Waals surface area contributed by atoms with Crippen LogP contribution >= 0.6 is 27.5 Å². The number of sulfone groups is 1. The molecule has 1 aliphatic heterocycles. The first-order chi connectivity index (χ1) is 14.2. The Morgan fingerprint density at radius 2 is 1.63 bits per heavy atom. The van der Waals surface area contributed by atoms with Crippen LogP contribution in [0.4, 0.5) is 5.88 Å². The fraction of sp³-hybridized carbons (Fsp3) is 0.318. The standard InChI is InChI=1S/C22H22BrClN2O3S/c1-14-11-15(2)13-26(12-14)22-21(30(27,28)19-9-7-18(24)8-10-19)25-20(29-22)16-3-5-17(23)6-4-16/h3-10,14-15H,11-13H2,1-2H3. The number of halogens is 2. The molecule has 1 aliphatic rings. The van der Waals surface area contributed by atoms with Gasteiger partial charge < -0.3 is 9.32 Å². The molecule has 8 heteroatoms. The first-order valence-corrected chi connectivity index (χ1v) is 12.4. The molecule has 1 fully saturated rings. The highest BCUT2D eigenvalue weighted by Crippen LogP contribution is 2.37. The van der Waals surface area contributed by atoms with Crippen LogP contribution in [0.25, 0.3) is 11.5 Å². The average Bonchev–Trinajstić information content (AvgIpc) is 3.14. The number of benzene rings is 2. The summed E-state index contributed by atoms with van der Waals surface area (Å²) in [5.41, 5.74) is 0.718. The van der Waals surface area contributed by atoms with Crippen molar-refractivity contribution < 1.29 is 12.8 Å². The van der Waals surface area contributed by atoms with Gasteiger partial charge in [0.25, 0.3) is 0 Å². The van der Waals surface area contributed by atoms with Crippen LogP contribution in [0, 0.1) is 11.8 Å². The molecule has 1 saturated heterocycles. The molecule has 0 N–H and O–H groups in total. The molecule has 1 aromatic heterocycles. The van der Waals surface area contributed by atoms with Crippen molar-refractivity contribution in [3.05, 3.63) is 58.0 Å². The van der Waals surface area contributed by atoms with Crippen LogP contribution in [-0.2, 0) is 9.84 Å². The zero-order valence-electron chi connectivity index (χ0n) is 16.7. The van der Waals surface area contributed by atoms with Gasteiger partial charge in [-0.2, -0.15) is 4.98 Å². The minimum Gasteiger partial charge on any atom is -0.419 e. The molecule has 0 bridgehead atoms. The Balaban J connectivity index is 1.85. The van der Waals surface area contributed by atoms with Crippen LogP contribution in [0.5, 0.6) is 0 Å². The number of hydrogen-bond acceptors (Lipinski definition) is 5. The van der Waals surface area contributed by atoms with Crippen molar-refractivity contribution in [1.29, 1.82) is 0 Å². The number of aromatic nitrogens is 1. The molecule has 2 unspecified atom stereocenters. The third-order valence-corrected chi connectivity index (χ3v) is 7.65. The summed E-state index contributed by atoms with van der Waals surface area (Å²) in [7, 11) is -3.88. The van der Waals surface area contributed by atoms with Gasteiger partial charge in [0.2, 0.25) is 26.6 Å². The molecule has 2 heterocycles. The number of oxazole rings is 1. The Morgan fingerprint density at radius 3 is 2.23 bits per heavy atom. The van der Waals surface area contributed by atoms with Gasteiger partial charge in [-0.15, -0.1) is 0 Å². The fourth-order valence-electron chi connectivity index (χ4n) is 3.94. The second-order valence-corrected chi connectivity index (χ2v) is 11.2. The van der Waals surface area contributed by atoms with Crippen LogP contribution < -0.4 is 4.90 Å². The van der Waals surface area contributed by atoms with Crippen LogP contribution in [0.1, 0.15) is 20.3 Å². The van der Waals surface area contributed by atoms with Gasteiger partial charge in [-0.1, -0.05) is 41.4 Å². The van der Waals surface area contributed by atoms with E-state index in [1.807, 2.05) is 29.2 Å². The van der Waals surface area contributed by atoms with E-state index in [1.54, 1.807) is 12.1 Å². The summed E-state index contributed by atoms with van der Waals surface area (Å²) >= 11 is 9.36. The van der Waals surface area contributed by atoms with Crippen molar-refractivity contribution >= 4 is 43.3 Å². The Kier molecular flexibility index (Phi) is 5.97. The molecular weight excluding hydrogens is 488 g/mol. The predicted molar refractivity (Wildman–Crippen MR) is 122 cm³/mol. The SMILES string of the molecule is CC1CC(C)CN(c2oc(-c3ccc(Br)cc3)nc2S(=O)(=O)c2ccc(Cl)cc2)C1. The van der Waals surface area contributed by atoms with Gasteiger partial charge in [-0.3, -0.25) is 0 Å². The lowest BCUT2D eigenvalue weighted by Crippen LogP contribution is -2.39. The van der Waals surface area contributed by atoms with Crippen LogP contribution in [0.15, 0.2) is 67.3 Å². The molecule has 3 aromatic rings. The van der Waals surface area contributed by atoms with E-state index >= 15 is 0 Å². The monoisotopic (exact) mass is 508 g/mol. The molecule has 5 nitrogen and oxygen atoms in total. The average molecular weight is 510 g/mol. The van der Waals surface area contributed by atoms with Gasteiger partial charge >= 0.3 is 0 Å². The van der Waals surface area contributed by atoms with Crippen molar-refractivity contribution in [1.82, 2.24) is 4.98 Å². The Bertz CT molecular complexity index is 1130. The minimum absolute atomic E-state index is 0.0518. The summed E-state index contributed by atoms with van der Waals surface area (Å²) in [6, 6.07) is 13.6. The maximum absolute atomic E-state index is 13.5. The van der Waals surface area contributed by atoms with E-state index in [0.29, 0.717) is 22.7 Å². The number of rotatable bonds is 4. The number of nitrogens with zero attached hydrogens (tertiary/aromatic N) is 2. The van der Waals surface area contributed by atoms with Crippen molar-refractivity contribution in [2.75, 3.05) is 18.0 Å². The van der Waals surface area contributed by atoms with Crippen LogP contribution in [-0.4, -0.2) is 26.5 Å². The first-order valence-electron chi connectivity index (χ1n) is 9.76. The zero-order chi connectivity index (χ0) is 21.5. The lowest BCUT2D eigenvalue weighted by atomic mass is 9.92. The van der Waals surface area contributed by atoms with Crippen LogP contribution in [0.3, 0.4) is 0 Å². The van der Waals surface area contributed by atoms with E-state index in [4.69, 9.17) is 16.0 Å². The van der Waals surface area contributed by atoms with Crippen molar-refractivity contribution in [2.24, 2.45) is 11.8 Å². The lowest BCUT2D eigenvalue weighted by molar-refractivity contribution is 0.342. The minimum atomic E-state index is -3.88. The van der Waals surface area contributed by atoms with Gasteiger partial charge in [-0.05, 0) is 66.8 Å².